The van der Waals surface area contributed by atoms with E-state index >= 15 is 0 Å². The molecule has 5 N–H and O–H groups in total. The van der Waals surface area contributed by atoms with Gasteiger partial charge in [-0.2, -0.15) is 5.21 Å². The van der Waals surface area contributed by atoms with E-state index in [1.165, 1.54) is 5.46 Å². The Morgan fingerprint density at radius 1 is 1.07 bits per heavy atom. The quantitative estimate of drug-likeness (QED) is 0.504. The minimum absolute atomic E-state index is 0. The highest BCUT2D eigenvalue weighted by molar-refractivity contribution is 6.32. The number of nitrogens with one attached hydrogen (secondary N) is 1. The van der Waals surface area contributed by atoms with Gasteiger partial charge in [0.15, 0.2) is 0 Å². The Balaban J connectivity index is 0.000000845. The summed E-state index contributed by atoms with van der Waals surface area (Å²) in [5, 5.41) is 13.6. The van der Waals surface area contributed by atoms with Crippen molar-refractivity contribution in [3.05, 3.63) is 24.3 Å². The van der Waals surface area contributed by atoms with Crippen molar-refractivity contribution in [3.8, 4) is 11.4 Å². The number of hydrogen-bond donors (Lipinski definition) is 1. The molecule has 1 aromatic carbocycles. The van der Waals surface area contributed by atoms with Crippen LogP contribution in [0.4, 0.5) is 0 Å². The van der Waals surface area contributed by atoms with E-state index in [4.69, 9.17) is 0 Å². The molecular weight excluding hydrogens is 183 g/mol. The van der Waals surface area contributed by atoms with E-state index < -0.39 is 0 Å². The number of tetrazole rings is 1. The fraction of sp³-hybridized carbons (Fsp3) is 0. The molecule has 2 aromatic rings. The molecule has 0 bridgehead atoms. The predicted octanol–water partition coefficient (Wildman–Crippen LogP) is -2.52. The molecule has 1 aromatic heterocycles. The lowest BCUT2D eigenvalue weighted by molar-refractivity contribution is 0.823. The van der Waals surface area contributed by atoms with Crippen LogP contribution in [0.1, 0.15) is 0 Å². The van der Waals surface area contributed by atoms with Gasteiger partial charge in [-0.25, -0.2) is 0 Å². The van der Waals surface area contributed by atoms with Crippen LogP contribution < -0.4 is 5.46 Å². The van der Waals surface area contributed by atoms with Crippen molar-refractivity contribution in [2.75, 3.05) is 0 Å². The highest BCUT2D eigenvalue weighted by Crippen LogP contribution is 2.09. The SMILES string of the molecule is Bc1ccc(-c2nn[nH]n2)cc1.O.O. The van der Waals surface area contributed by atoms with Crippen molar-refractivity contribution in [2.45, 2.75) is 0 Å². The standard InChI is InChI=1S/C7H7BN4.2H2O/c8-6-3-1-5(2-4-6)7-9-11-12-10-7;;/h1-4H,8H2,(H,9,10,11,12);2*1H2. The summed E-state index contributed by atoms with van der Waals surface area (Å²) >= 11 is 0. The Bertz CT molecular complexity index is 362. The Morgan fingerprint density at radius 3 is 2.21 bits per heavy atom. The summed E-state index contributed by atoms with van der Waals surface area (Å²) in [6.07, 6.45) is 0. The summed E-state index contributed by atoms with van der Waals surface area (Å²) in [5.74, 6) is 0.634. The van der Waals surface area contributed by atoms with Crippen molar-refractivity contribution in [3.63, 3.8) is 0 Å². The first kappa shape index (κ1) is 12.3. The first-order chi connectivity index (χ1) is 5.86. The third-order valence-electron chi connectivity index (χ3n) is 1.66. The van der Waals surface area contributed by atoms with E-state index in [2.05, 4.69) is 20.6 Å². The summed E-state index contributed by atoms with van der Waals surface area (Å²) in [5.41, 5.74) is 2.21. The lowest BCUT2D eigenvalue weighted by atomic mass is 9.95. The number of aromatic nitrogens is 4. The third kappa shape index (κ3) is 2.38. The zero-order valence-electron chi connectivity index (χ0n) is 7.65. The van der Waals surface area contributed by atoms with E-state index in [0.29, 0.717) is 5.82 Å². The van der Waals surface area contributed by atoms with Crippen molar-refractivity contribution in [1.82, 2.24) is 20.6 Å². The van der Waals surface area contributed by atoms with E-state index in [1.807, 2.05) is 32.1 Å². The summed E-state index contributed by atoms with van der Waals surface area (Å²) in [6.45, 7) is 0. The molecule has 0 atom stereocenters. The van der Waals surface area contributed by atoms with Gasteiger partial charge in [-0.1, -0.05) is 29.7 Å². The van der Waals surface area contributed by atoms with Gasteiger partial charge in [0.2, 0.25) is 5.82 Å². The Kier molecular flexibility index (Phi) is 4.47. The normalized spacial score (nSPS) is 8.57. The van der Waals surface area contributed by atoms with Gasteiger partial charge in [-0.3, -0.25) is 0 Å². The lowest BCUT2D eigenvalue weighted by Gasteiger charge is -1.93. The van der Waals surface area contributed by atoms with Crippen LogP contribution in [0.15, 0.2) is 24.3 Å². The summed E-state index contributed by atoms with van der Waals surface area (Å²) in [4.78, 5) is 0. The van der Waals surface area contributed by atoms with Crippen LogP contribution in [-0.4, -0.2) is 39.4 Å². The molecule has 2 rings (SSSR count). The number of rotatable bonds is 1. The molecule has 1 heterocycles. The van der Waals surface area contributed by atoms with Gasteiger partial charge in [0.1, 0.15) is 7.85 Å². The smallest absolute Gasteiger partial charge is 0.204 e. The second-order valence-electron chi connectivity index (χ2n) is 2.60. The van der Waals surface area contributed by atoms with E-state index in [0.717, 1.165) is 5.56 Å². The van der Waals surface area contributed by atoms with Crippen LogP contribution >= 0.6 is 0 Å². The number of benzene rings is 1. The molecule has 0 saturated carbocycles. The van der Waals surface area contributed by atoms with Gasteiger partial charge >= 0.3 is 0 Å². The molecule has 0 spiro atoms. The maximum atomic E-state index is 3.87. The molecule has 74 valence electrons. The molecule has 0 radical (unpaired) electrons. The van der Waals surface area contributed by atoms with Gasteiger partial charge in [0, 0.05) is 5.56 Å². The Labute approximate surface area is 81.4 Å². The van der Waals surface area contributed by atoms with Gasteiger partial charge in [-0.15, -0.1) is 10.2 Å². The fourth-order valence-corrected chi connectivity index (χ4v) is 0.987. The molecule has 0 aliphatic heterocycles. The predicted molar refractivity (Wildman–Crippen MR) is 55.0 cm³/mol. The highest BCUT2D eigenvalue weighted by atomic mass is 16.0. The number of H-pyrrole nitrogens is 1. The summed E-state index contributed by atoms with van der Waals surface area (Å²) in [7, 11) is 2.04. The average molecular weight is 194 g/mol. The topological polar surface area (TPSA) is 117 Å². The summed E-state index contributed by atoms with van der Waals surface area (Å²) in [6, 6.07) is 7.98. The Hall–Kier alpha value is -1.73. The molecule has 0 fully saturated rings. The number of hydrogen-bond acceptors (Lipinski definition) is 3. The van der Waals surface area contributed by atoms with Crippen molar-refractivity contribution >= 4 is 13.3 Å². The average Bonchev–Trinajstić information content (AvgIpc) is 2.58. The van der Waals surface area contributed by atoms with Gasteiger partial charge in [0.05, 0.1) is 0 Å². The zero-order chi connectivity index (χ0) is 8.39. The van der Waals surface area contributed by atoms with Crippen LogP contribution in [0, 0.1) is 0 Å². The first-order valence-corrected chi connectivity index (χ1v) is 3.67. The molecule has 0 aliphatic rings. The lowest BCUT2D eigenvalue weighted by Crippen LogP contribution is -1.99. The van der Waals surface area contributed by atoms with Gasteiger partial charge in [-0.05, 0) is 5.21 Å². The zero-order valence-corrected chi connectivity index (χ0v) is 7.65. The molecule has 0 amide bonds. The number of aromatic amines is 1. The molecule has 0 aliphatic carbocycles. The molecule has 0 saturated heterocycles. The fourth-order valence-electron chi connectivity index (χ4n) is 0.987. The van der Waals surface area contributed by atoms with E-state index in [-0.39, 0.29) is 11.0 Å². The molecular formula is C7H11BN4O2. The van der Waals surface area contributed by atoms with E-state index in [9.17, 15) is 0 Å². The van der Waals surface area contributed by atoms with Gasteiger partial charge < -0.3 is 11.0 Å². The summed E-state index contributed by atoms with van der Waals surface area (Å²) < 4.78 is 0. The van der Waals surface area contributed by atoms with Crippen molar-refractivity contribution in [2.24, 2.45) is 0 Å². The van der Waals surface area contributed by atoms with Crippen LogP contribution in [0.3, 0.4) is 0 Å². The molecule has 6 nitrogen and oxygen atoms in total. The van der Waals surface area contributed by atoms with E-state index in [1.54, 1.807) is 0 Å². The van der Waals surface area contributed by atoms with Crippen LogP contribution in [0.2, 0.25) is 0 Å². The monoisotopic (exact) mass is 194 g/mol. The van der Waals surface area contributed by atoms with Crippen LogP contribution in [0.25, 0.3) is 11.4 Å². The minimum Gasteiger partial charge on any atom is -0.412 e. The van der Waals surface area contributed by atoms with Crippen LogP contribution in [0.5, 0.6) is 0 Å². The van der Waals surface area contributed by atoms with Gasteiger partial charge in [0.25, 0.3) is 0 Å². The first-order valence-electron chi connectivity index (χ1n) is 3.67. The van der Waals surface area contributed by atoms with Crippen molar-refractivity contribution < 1.29 is 11.0 Å². The maximum absolute atomic E-state index is 3.87. The second-order valence-corrected chi connectivity index (χ2v) is 2.60. The largest absolute Gasteiger partial charge is 0.412 e. The molecule has 7 heteroatoms. The molecule has 0 unspecified atom stereocenters. The highest BCUT2D eigenvalue weighted by Gasteiger charge is 1.99. The molecule has 14 heavy (non-hydrogen) atoms. The Morgan fingerprint density at radius 2 is 1.71 bits per heavy atom. The maximum Gasteiger partial charge on any atom is 0.204 e. The third-order valence-corrected chi connectivity index (χ3v) is 1.66. The number of nitrogens with zero attached hydrogens (tertiary/aromatic N) is 3. The van der Waals surface area contributed by atoms with Crippen LogP contribution in [-0.2, 0) is 0 Å². The second kappa shape index (κ2) is 5.10. The van der Waals surface area contributed by atoms with Crippen molar-refractivity contribution in [1.29, 1.82) is 0 Å². The minimum atomic E-state index is 0.